The molecule has 2 saturated heterocycles. The lowest BCUT2D eigenvalue weighted by Gasteiger charge is -2.23. The van der Waals surface area contributed by atoms with Crippen LogP contribution in [0, 0.1) is 0 Å². The number of phenolic OH excluding ortho intramolecular Hbond substituents is 1. The average Bonchev–Trinajstić information content (AvgIpc) is 3.11. The van der Waals surface area contributed by atoms with Crippen LogP contribution in [-0.4, -0.2) is 53.0 Å². The zero-order valence-electron chi connectivity index (χ0n) is 11.4. The van der Waals surface area contributed by atoms with Gasteiger partial charge in [0.2, 0.25) is 0 Å². The highest BCUT2D eigenvalue weighted by molar-refractivity contribution is 6.32. The molecule has 1 aromatic carbocycles. The van der Waals surface area contributed by atoms with E-state index in [0.717, 1.165) is 32.6 Å². The topological polar surface area (TPSA) is 43.8 Å². The van der Waals surface area contributed by atoms with Crippen LogP contribution in [0.15, 0.2) is 18.2 Å². The van der Waals surface area contributed by atoms with Gasteiger partial charge in [-0.05, 0) is 50.6 Å². The fraction of sp³-hybridized carbons (Fsp3) is 0.533. The van der Waals surface area contributed by atoms with Crippen molar-refractivity contribution in [3.8, 4) is 5.75 Å². The Bertz CT molecular complexity index is 515. The van der Waals surface area contributed by atoms with Gasteiger partial charge in [0.15, 0.2) is 0 Å². The number of amides is 1. The number of phenols is 1. The molecule has 4 nitrogen and oxygen atoms in total. The number of benzene rings is 1. The first kappa shape index (κ1) is 13.7. The van der Waals surface area contributed by atoms with Crippen LogP contribution in [0.1, 0.15) is 29.6 Å². The van der Waals surface area contributed by atoms with E-state index in [0.29, 0.717) is 11.6 Å². The van der Waals surface area contributed by atoms with E-state index in [1.165, 1.54) is 18.9 Å². The SMILES string of the molecule is O=C(c1ccc(O)c(Cl)c1)N1CCC(N2CCCC2)C1. The molecule has 1 amide bonds. The van der Waals surface area contributed by atoms with Crippen molar-refractivity contribution in [2.45, 2.75) is 25.3 Å². The summed E-state index contributed by atoms with van der Waals surface area (Å²) in [6, 6.07) is 5.16. The summed E-state index contributed by atoms with van der Waals surface area (Å²) in [5, 5.41) is 9.64. The van der Waals surface area contributed by atoms with Crippen LogP contribution < -0.4 is 0 Å². The predicted octanol–water partition coefficient (Wildman–Crippen LogP) is 2.36. The fourth-order valence-electron chi connectivity index (χ4n) is 3.15. The lowest BCUT2D eigenvalue weighted by Crippen LogP contribution is -2.37. The van der Waals surface area contributed by atoms with Gasteiger partial charge in [-0.25, -0.2) is 0 Å². The first-order valence-corrected chi connectivity index (χ1v) is 7.55. The van der Waals surface area contributed by atoms with E-state index in [2.05, 4.69) is 4.90 Å². The minimum atomic E-state index is 0.00796. The van der Waals surface area contributed by atoms with Crippen molar-refractivity contribution >= 4 is 17.5 Å². The second-order valence-corrected chi connectivity index (χ2v) is 6.01. The number of halogens is 1. The van der Waals surface area contributed by atoms with Crippen molar-refractivity contribution in [1.82, 2.24) is 9.80 Å². The van der Waals surface area contributed by atoms with E-state index < -0.39 is 0 Å². The highest BCUT2D eigenvalue weighted by Crippen LogP contribution is 2.26. The van der Waals surface area contributed by atoms with Crippen molar-refractivity contribution in [2.24, 2.45) is 0 Å². The third-order valence-corrected chi connectivity index (χ3v) is 4.61. The second-order valence-electron chi connectivity index (χ2n) is 5.60. The Morgan fingerprint density at radius 3 is 2.70 bits per heavy atom. The molecule has 5 heteroatoms. The fourth-order valence-corrected chi connectivity index (χ4v) is 3.33. The lowest BCUT2D eigenvalue weighted by molar-refractivity contribution is 0.0780. The Labute approximate surface area is 123 Å². The lowest BCUT2D eigenvalue weighted by atomic mass is 10.2. The van der Waals surface area contributed by atoms with Gasteiger partial charge in [0.25, 0.3) is 5.91 Å². The Kier molecular flexibility index (Phi) is 3.85. The molecule has 2 aliphatic rings. The third kappa shape index (κ3) is 2.63. The molecule has 1 atom stereocenters. The summed E-state index contributed by atoms with van der Waals surface area (Å²) in [5.74, 6) is 0.0215. The van der Waals surface area contributed by atoms with Gasteiger partial charge in [-0.15, -0.1) is 0 Å². The van der Waals surface area contributed by atoms with E-state index >= 15 is 0 Å². The number of carbonyl (C=O) groups is 1. The maximum atomic E-state index is 12.4. The number of likely N-dealkylation sites (tertiary alicyclic amines) is 2. The van der Waals surface area contributed by atoms with Gasteiger partial charge in [-0.2, -0.15) is 0 Å². The molecule has 0 bridgehead atoms. The number of nitrogens with zero attached hydrogens (tertiary/aromatic N) is 2. The minimum absolute atomic E-state index is 0.00796. The van der Waals surface area contributed by atoms with E-state index in [1.807, 2.05) is 4.90 Å². The first-order valence-electron chi connectivity index (χ1n) is 7.17. The predicted molar refractivity (Wildman–Crippen MR) is 78.2 cm³/mol. The Morgan fingerprint density at radius 2 is 2.00 bits per heavy atom. The molecule has 0 spiro atoms. The summed E-state index contributed by atoms with van der Waals surface area (Å²) < 4.78 is 0. The Hall–Kier alpha value is -1.26. The number of hydrogen-bond donors (Lipinski definition) is 1. The van der Waals surface area contributed by atoms with Crippen molar-refractivity contribution in [1.29, 1.82) is 0 Å². The zero-order valence-corrected chi connectivity index (χ0v) is 12.1. The van der Waals surface area contributed by atoms with Crippen LogP contribution in [0.3, 0.4) is 0 Å². The van der Waals surface area contributed by atoms with Crippen LogP contribution in [-0.2, 0) is 0 Å². The molecule has 2 fully saturated rings. The Morgan fingerprint density at radius 1 is 1.25 bits per heavy atom. The molecule has 2 heterocycles. The van der Waals surface area contributed by atoms with Gasteiger partial charge in [-0.3, -0.25) is 9.69 Å². The summed E-state index contributed by atoms with van der Waals surface area (Å²) in [7, 11) is 0. The van der Waals surface area contributed by atoms with Gasteiger partial charge in [-0.1, -0.05) is 11.6 Å². The van der Waals surface area contributed by atoms with E-state index in [9.17, 15) is 9.90 Å². The van der Waals surface area contributed by atoms with Gasteiger partial charge >= 0.3 is 0 Å². The molecule has 1 unspecified atom stereocenters. The van der Waals surface area contributed by atoms with Gasteiger partial charge in [0.05, 0.1) is 5.02 Å². The molecule has 0 radical (unpaired) electrons. The maximum Gasteiger partial charge on any atom is 0.253 e. The molecule has 108 valence electrons. The molecule has 0 saturated carbocycles. The van der Waals surface area contributed by atoms with Crippen molar-refractivity contribution in [3.63, 3.8) is 0 Å². The smallest absolute Gasteiger partial charge is 0.253 e. The first-order chi connectivity index (χ1) is 9.65. The molecule has 1 N–H and O–H groups in total. The highest BCUT2D eigenvalue weighted by Gasteiger charge is 2.31. The summed E-state index contributed by atoms with van der Waals surface area (Å²) in [4.78, 5) is 16.8. The van der Waals surface area contributed by atoms with Crippen LogP contribution >= 0.6 is 11.6 Å². The molecule has 3 rings (SSSR count). The van der Waals surface area contributed by atoms with E-state index in [4.69, 9.17) is 11.6 Å². The molecule has 20 heavy (non-hydrogen) atoms. The molecule has 2 aliphatic heterocycles. The van der Waals surface area contributed by atoms with E-state index in [-0.39, 0.29) is 16.7 Å². The summed E-state index contributed by atoms with van der Waals surface area (Å²) in [6.45, 7) is 3.94. The number of hydrogen-bond acceptors (Lipinski definition) is 3. The summed E-state index contributed by atoms with van der Waals surface area (Å²) in [5.41, 5.74) is 0.551. The van der Waals surface area contributed by atoms with Crippen molar-refractivity contribution in [2.75, 3.05) is 26.2 Å². The molecular weight excluding hydrogens is 276 g/mol. The normalized spacial score (nSPS) is 23.4. The average molecular weight is 295 g/mol. The summed E-state index contributed by atoms with van der Waals surface area (Å²) in [6.07, 6.45) is 3.60. The largest absolute Gasteiger partial charge is 0.506 e. The van der Waals surface area contributed by atoms with E-state index in [1.54, 1.807) is 12.1 Å². The summed E-state index contributed by atoms with van der Waals surface area (Å²) >= 11 is 5.87. The monoisotopic (exact) mass is 294 g/mol. The number of carbonyl (C=O) groups excluding carboxylic acids is 1. The zero-order chi connectivity index (χ0) is 14.1. The van der Waals surface area contributed by atoms with Crippen LogP contribution in [0.25, 0.3) is 0 Å². The maximum absolute atomic E-state index is 12.4. The minimum Gasteiger partial charge on any atom is -0.506 e. The number of rotatable bonds is 2. The van der Waals surface area contributed by atoms with Gasteiger partial charge in [0.1, 0.15) is 5.75 Å². The molecule has 0 aromatic heterocycles. The molecule has 0 aliphatic carbocycles. The standard InChI is InChI=1S/C15H19ClN2O2/c16-13-9-11(3-4-14(13)19)15(20)18-8-5-12(10-18)17-6-1-2-7-17/h3-4,9,12,19H,1-2,5-8,10H2. The third-order valence-electron chi connectivity index (χ3n) is 4.30. The van der Waals surface area contributed by atoms with Crippen molar-refractivity contribution in [3.05, 3.63) is 28.8 Å². The van der Waals surface area contributed by atoms with Gasteiger partial charge < -0.3 is 10.0 Å². The van der Waals surface area contributed by atoms with Gasteiger partial charge in [0, 0.05) is 24.7 Å². The quantitative estimate of drug-likeness (QED) is 0.910. The van der Waals surface area contributed by atoms with Crippen LogP contribution in [0.2, 0.25) is 5.02 Å². The Balaban J connectivity index is 1.67. The number of aromatic hydroxyl groups is 1. The van der Waals surface area contributed by atoms with Crippen LogP contribution in [0.4, 0.5) is 0 Å². The highest BCUT2D eigenvalue weighted by atomic mass is 35.5. The molecule has 1 aromatic rings. The second kappa shape index (κ2) is 5.62. The van der Waals surface area contributed by atoms with Crippen molar-refractivity contribution < 1.29 is 9.90 Å². The van der Waals surface area contributed by atoms with Crippen LogP contribution in [0.5, 0.6) is 5.75 Å². The molecular formula is C15H19ClN2O2.